The van der Waals surface area contributed by atoms with Crippen molar-refractivity contribution in [3.8, 4) is 0 Å². The smallest absolute Gasteiger partial charge is 0.139 e. The predicted octanol–water partition coefficient (Wildman–Crippen LogP) is 5.60. The van der Waals surface area contributed by atoms with E-state index >= 15 is 0 Å². The van der Waals surface area contributed by atoms with Crippen molar-refractivity contribution in [1.82, 2.24) is 0 Å². The summed E-state index contributed by atoms with van der Waals surface area (Å²) in [5.74, 6) is 0. The highest BCUT2D eigenvalue weighted by atomic mass is 32.2. The Hall–Kier alpha value is 0.270. The van der Waals surface area contributed by atoms with Gasteiger partial charge in [0.2, 0.25) is 0 Å². The lowest BCUT2D eigenvalue weighted by atomic mass is 9.94. The zero-order valence-corrected chi connectivity index (χ0v) is 13.6. The van der Waals surface area contributed by atoms with Crippen LogP contribution in [0.25, 0.3) is 0 Å². The molecule has 0 amide bonds. The second-order valence-electron chi connectivity index (χ2n) is 6.94. The van der Waals surface area contributed by atoms with Crippen LogP contribution in [0.15, 0.2) is 0 Å². The molecule has 0 spiro atoms. The third-order valence-corrected chi connectivity index (χ3v) is 6.36. The van der Waals surface area contributed by atoms with Gasteiger partial charge in [0.25, 0.3) is 0 Å². The Balaban J connectivity index is 1.54. The maximum absolute atomic E-state index is 6.62. The minimum absolute atomic E-state index is 0.0111. The lowest BCUT2D eigenvalue weighted by molar-refractivity contribution is -0.0715. The normalized spacial score (nSPS) is 28.8. The molecule has 0 aromatic heterocycles. The molecule has 3 heteroatoms. The van der Waals surface area contributed by atoms with Gasteiger partial charge in [-0.2, -0.15) is 0 Å². The third kappa shape index (κ3) is 4.14. The Morgan fingerprint density at radius 1 is 0.650 bits per heavy atom. The van der Waals surface area contributed by atoms with E-state index in [0.717, 1.165) is 0 Å². The van der Waals surface area contributed by atoms with Crippen LogP contribution >= 0.6 is 12.0 Å². The van der Waals surface area contributed by atoms with Gasteiger partial charge in [-0.25, -0.2) is 0 Å². The van der Waals surface area contributed by atoms with Gasteiger partial charge in [-0.05, 0) is 51.4 Å². The molecule has 3 fully saturated rings. The summed E-state index contributed by atoms with van der Waals surface area (Å²) in [5.41, 5.74) is 0. The quantitative estimate of drug-likeness (QED) is 0.486. The van der Waals surface area contributed by atoms with Crippen LogP contribution in [-0.2, 0) is 8.92 Å². The van der Waals surface area contributed by atoms with E-state index in [4.69, 9.17) is 8.92 Å². The number of ether oxygens (including phenoxy) is 1. The number of hydrogen-bond acceptors (Lipinski definition) is 3. The molecule has 3 saturated carbocycles. The summed E-state index contributed by atoms with van der Waals surface area (Å²) in [6.45, 7) is 0. The van der Waals surface area contributed by atoms with Gasteiger partial charge in [0.15, 0.2) is 0 Å². The molecule has 0 radical (unpaired) electrons. The summed E-state index contributed by atoms with van der Waals surface area (Å²) in [7, 11) is 0. The first-order valence-corrected chi connectivity index (χ1v) is 9.63. The van der Waals surface area contributed by atoms with Crippen molar-refractivity contribution >= 4 is 12.0 Å². The van der Waals surface area contributed by atoms with E-state index in [2.05, 4.69) is 0 Å². The zero-order chi connectivity index (χ0) is 13.7. The molecule has 0 bridgehead atoms. The molecule has 0 saturated heterocycles. The predicted molar refractivity (Wildman–Crippen MR) is 84.7 cm³/mol. The lowest BCUT2D eigenvalue weighted by Gasteiger charge is -2.40. The van der Waals surface area contributed by atoms with E-state index in [9.17, 15) is 0 Å². The zero-order valence-electron chi connectivity index (χ0n) is 12.8. The van der Waals surface area contributed by atoms with Crippen LogP contribution in [-0.4, -0.2) is 17.1 Å². The van der Waals surface area contributed by atoms with Gasteiger partial charge < -0.3 is 8.92 Å². The first kappa shape index (κ1) is 15.2. The van der Waals surface area contributed by atoms with E-state index in [1.54, 1.807) is 12.0 Å². The summed E-state index contributed by atoms with van der Waals surface area (Å²) in [6.07, 6.45) is 19.3. The average molecular weight is 298 g/mol. The Morgan fingerprint density at radius 2 is 1.20 bits per heavy atom. The Kier molecular flexibility index (Phi) is 5.70. The lowest BCUT2D eigenvalue weighted by Crippen LogP contribution is -2.37. The van der Waals surface area contributed by atoms with Crippen molar-refractivity contribution in [2.24, 2.45) is 0 Å². The fourth-order valence-electron chi connectivity index (χ4n) is 3.94. The molecule has 3 aliphatic carbocycles. The van der Waals surface area contributed by atoms with Crippen LogP contribution in [0, 0.1) is 0 Å². The molecule has 3 aliphatic rings. The maximum atomic E-state index is 6.62. The Morgan fingerprint density at radius 3 is 1.90 bits per heavy atom. The second-order valence-corrected chi connectivity index (χ2v) is 8.04. The van der Waals surface area contributed by atoms with Crippen LogP contribution in [0.1, 0.15) is 89.9 Å². The van der Waals surface area contributed by atoms with Crippen molar-refractivity contribution in [3.63, 3.8) is 0 Å². The van der Waals surface area contributed by atoms with E-state index in [-0.39, 0.29) is 4.93 Å². The molecule has 0 aromatic rings. The van der Waals surface area contributed by atoms with E-state index < -0.39 is 0 Å². The van der Waals surface area contributed by atoms with Gasteiger partial charge in [-0.3, -0.25) is 0 Å². The molecule has 0 aliphatic heterocycles. The van der Waals surface area contributed by atoms with Gasteiger partial charge in [-0.15, -0.1) is 0 Å². The van der Waals surface area contributed by atoms with Crippen molar-refractivity contribution in [2.75, 3.05) is 0 Å². The van der Waals surface area contributed by atoms with Gasteiger partial charge in [0.1, 0.15) is 4.93 Å². The average Bonchev–Trinajstić information content (AvgIpc) is 3.01. The van der Waals surface area contributed by atoms with Crippen LogP contribution in [0.4, 0.5) is 0 Å². The minimum atomic E-state index is -0.0111. The second kappa shape index (κ2) is 7.51. The van der Waals surface area contributed by atoms with E-state index in [1.807, 2.05) is 0 Å². The Bertz CT molecular complexity index is 277. The third-order valence-electron chi connectivity index (χ3n) is 5.19. The van der Waals surface area contributed by atoms with E-state index in [0.29, 0.717) is 12.2 Å². The monoisotopic (exact) mass is 298 g/mol. The highest BCUT2D eigenvalue weighted by Crippen LogP contribution is 2.45. The SMILES string of the molecule is C1CCC(OC2(SOC3CCCC3)CCCCC2)CC1. The summed E-state index contributed by atoms with van der Waals surface area (Å²) in [4.78, 5) is -0.0111. The maximum Gasteiger partial charge on any atom is 0.139 e. The first-order valence-electron chi connectivity index (χ1n) is 8.89. The molecule has 0 heterocycles. The van der Waals surface area contributed by atoms with Gasteiger partial charge >= 0.3 is 0 Å². The molecule has 3 rings (SSSR count). The van der Waals surface area contributed by atoms with Crippen molar-refractivity contribution in [2.45, 2.75) is 107 Å². The molecular formula is C17H30O2S. The fourth-order valence-corrected chi connectivity index (χ4v) is 5.07. The fraction of sp³-hybridized carbons (Fsp3) is 1.00. The summed E-state index contributed by atoms with van der Waals surface area (Å²) in [6, 6.07) is 0. The number of rotatable bonds is 5. The topological polar surface area (TPSA) is 18.5 Å². The van der Waals surface area contributed by atoms with Crippen LogP contribution in [0.2, 0.25) is 0 Å². The van der Waals surface area contributed by atoms with Crippen LogP contribution in [0.5, 0.6) is 0 Å². The molecule has 0 N–H and O–H groups in total. The van der Waals surface area contributed by atoms with Crippen LogP contribution < -0.4 is 0 Å². The van der Waals surface area contributed by atoms with Crippen molar-refractivity contribution in [3.05, 3.63) is 0 Å². The largest absolute Gasteiger partial charge is 0.359 e. The highest BCUT2D eigenvalue weighted by Gasteiger charge is 2.38. The van der Waals surface area contributed by atoms with E-state index in [1.165, 1.54) is 89.9 Å². The molecule has 20 heavy (non-hydrogen) atoms. The highest BCUT2D eigenvalue weighted by molar-refractivity contribution is 7.95. The summed E-state index contributed by atoms with van der Waals surface area (Å²) < 4.78 is 12.8. The van der Waals surface area contributed by atoms with Crippen LogP contribution in [0.3, 0.4) is 0 Å². The van der Waals surface area contributed by atoms with Gasteiger partial charge in [-0.1, -0.05) is 38.5 Å². The minimum Gasteiger partial charge on any atom is -0.359 e. The molecule has 0 aromatic carbocycles. The van der Waals surface area contributed by atoms with Crippen molar-refractivity contribution in [1.29, 1.82) is 0 Å². The molecule has 0 atom stereocenters. The van der Waals surface area contributed by atoms with Gasteiger partial charge in [0.05, 0.1) is 12.2 Å². The van der Waals surface area contributed by atoms with Gasteiger partial charge in [0, 0.05) is 12.0 Å². The van der Waals surface area contributed by atoms with Crippen molar-refractivity contribution < 1.29 is 8.92 Å². The summed E-state index contributed by atoms with van der Waals surface area (Å²) >= 11 is 1.71. The molecule has 0 unspecified atom stereocenters. The standard InChI is InChI=1S/C17H30O2S/c1-3-9-15(10-4-1)18-17(13-7-2-8-14-17)20-19-16-11-5-6-12-16/h15-16H,1-14H2. The number of hydrogen-bond donors (Lipinski definition) is 0. The first-order chi connectivity index (χ1) is 9.86. The summed E-state index contributed by atoms with van der Waals surface area (Å²) in [5, 5.41) is 0. The Labute approximate surface area is 128 Å². The molecule has 116 valence electrons. The molecular weight excluding hydrogens is 268 g/mol. The molecule has 2 nitrogen and oxygen atoms in total.